The van der Waals surface area contributed by atoms with Gasteiger partial charge in [-0.1, -0.05) is 6.07 Å². The molecule has 0 radical (unpaired) electrons. The van der Waals surface area contributed by atoms with E-state index in [0.29, 0.717) is 23.1 Å². The highest BCUT2D eigenvalue weighted by Gasteiger charge is 2.14. The maximum absolute atomic E-state index is 11.9. The van der Waals surface area contributed by atoms with Crippen LogP contribution in [-0.4, -0.2) is 21.9 Å². The van der Waals surface area contributed by atoms with E-state index in [4.69, 9.17) is 0 Å². The number of hydrogen-bond acceptors (Lipinski definition) is 5. The van der Waals surface area contributed by atoms with Crippen LogP contribution in [0.4, 0.5) is 0 Å². The molecule has 0 aliphatic heterocycles. The van der Waals surface area contributed by atoms with Gasteiger partial charge in [0, 0.05) is 10.9 Å². The van der Waals surface area contributed by atoms with E-state index in [1.165, 1.54) is 16.2 Å². The lowest BCUT2D eigenvalue weighted by Crippen LogP contribution is -2.24. The van der Waals surface area contributed by atoms with Gasteiger partial charge >= 0.3 is 0 Å². The number of hydrogen-bond donors (Lipinski definition) is 1. The number of fused-ring (bicyclic) bond motifs is 1. The van der Waals surface area contributed by atoms with Crippen LogP contribution in [0, 0.1) is 0 Å². The fraction of sp³-hybridized carbons (Fsp3) is 0.286. The fourth-order valence-electron chi connectivity index (χ4n) is 2.12. The molecule has 0 aliphatic rings. The first-order valence-electron chi connectivity index (χ1n) is 6.35. The van der Waals surface area contributed by atoms with Crippen molar-refractivity contribution in [3.05, 3.63) is 50.0 Å². The Balaban J connectivity index is 1.83. The fourth-order valence-corrected chi connectivity index (χ4v) is 3.69. The first-order valence-corrected chi connectivity index (χ1v) is 8.11. The largest absolute Gasteiger partial charge is 0.308 e. The van der Waals surface area contributed by atoms with Gasteiger partial charge in [0.05, 0.1) is 12.1 Å². The van der Waals surface area contributed by atoms with Crippen molar-refractivity contribution in [3.8, 4) is 0 Å². The van der Waals surface area contributed by atoms with E-state index in [9.17, 15) is 4.79 Å². The first-order chi connectivity index (χ1) is 9.65. The minimum Gasteiger partial charge on any atom is -0.308 e. The number of nitrogens with zero attached hydrogens (tertiary/aromatic N) is 2. The first kappa shape index (κ1) is 13.5. The second-order valence-electron chi connectivity index (χ2n) is 4.75. The summed E-state index contributed by atoms with van der Waals surface area (Å²) in [5, 5.41) is 3.98. The second kappa shape index (κ2) is 5.47. The average Bonchev–Trinajstić information content (AvgIpc) is 3.08. The van der Waals surface area contributed by atoms with Crippen LogP contribution in [0.1, 0.15) is 23.7 Å². The van der Waals surface area contributed by atoms with Gasteiger partial charge < -0.3 is 4.98 Å². The zero-order valence-corrected chi connectivity index (χ0v) is 12.9. The van der Waals surface area contributed by atoms with Crippen LogP contribution in [0.5, 0.6) is 0 Å². The van der Waals surface area contributed by atoms with Crippen LogP contribution in [0.15, 0.2) is 33.8 Å². The van der Waals surface area contributed by atoms with Crippen molar-refractivity contribution < 1.29 is 0 Å². The van der Waals surface area contributed by atoms with Gasteiger partial charge in [-0.15, -0.1) is 22.7 Å². The topological polar surface area (TPSA) is 49.0 Å². The molecule has 0 saturated heterocycles. The lowest BCUT2D eigenvalue weighted by atomic mass is 10.2. The van der Waals surface area contributed by atoms with E-state index in [0.717, 1.165) is 5.52 Å². The van der Waals surface area contributed by atoms with Crippen LogP contribution in [0.25, 0.3) is 10.2 Å². The minimum absolute atomic E-state index is 0.0443. The summed E-state index contributed by atoms with van der Waals surface area (Å²) in [5.41, 5.74) is 0.739. The van der Waals surface area contributed by atoms with E-state index in [1.807, 2.05) is 18.5 Å². The molecule has 1 N–H and O–H groups in total. The predicted molar refractivity (Wildman–Crippen MR) is 84.4 cm³/mol. The van der Waals surface area contributed by atoms with Crippen LogP contribution in [0.3, 0.4) is 0 Å². The molecule has 6 heteroatoms. The molecule has 3 rings (SSSR count). The number of nitrogens with one attached hydrogen (secondary N) is 1. The van der Waals surface area contributed by atoms with Crippen molar-refractivity contribution in [1.82, 2.24) is 14.9 Å². The van der Waals surface area contributed by atoms with E-state index >= 15 is 0 Å². The highest BCUT2D eigenvalue weighted by Crippen LogP contribution is 2.24. The number of aromatic amines is 1. The Morgan fingerprint density at radius 1 is 1.35 bits per heavy atom. The molecule has 0 amide bonds. The smallest absolute Gasteiger partial charge is 0.268 e. The number of rotatable bonds is 4. The van der Waals surface area contributed by atoms with Gasteiger partial charge in [-0.2, -0.15) is 0 Å². The van der Waals surface area contributed by atoms with Crippen molar-refractivity contribution >= 4 is 32.9 Å². The van der Waals surface area contributed by atoms with Crippen LogP contribution < -0.4 is 5.56 Å². The number of H-pyrrole nitrogens is 1. The molecule has 20 heavy (non-hydrogen) atoms. The summed E-state index contributed by atoms with van der Waals surface area (Å²) in [6.07, 6.45) is 0. The summed E-state index contributed by atoms with van der Waals surface area (Å²) >= 11 is 3.17. The van der Waals surface area contributed by atoms with Gasteiger partial charge in [0.15, 0.2) is 0 Å². The summed E-state index contributed by atoms with van der Waals surface area (Å²) in [7, 11) is 2.04. The Hall–Kier alpha value is -1.50. The van der Waals surface area contributed by atoms with E-state index in [1.54, 1.807) is 11.3 Å². The summed E-state index contributed by atoms with van der Waals surface area (Å²) in [6, 6.07) is 6.38. The van der Waals surface area contributed by atoms with Gasteiger partial charge in [-0.3, -0.25) is 9.69 Å². The SMILES string of the molecule is CC(c1cccs1)N(C)Cc1nc2ccsc2c(=O)[nH]1. The van der Waals surface area contributed by atoms with E-state index < -0.39 is 0 Å². The lowest BCUT2D eigenvalue weighted by Gasteiger charge is -2.23. The average molecular weight is 305 g/mol. The van der Waals surface area contributed by atoms with Crippen LogP contribution >= 0.6 is 22.7 Å². The molecular formula is C14H15N3OS2. The third kappa shape index (κ3) is 2.54. The highest BCUT2D eigenvalue weighted by atomic mass is 32.1. The molecule has 0 bridgehead atoms. The zero-order chi connectivity index (χ0) is 14.1. The third-order valence-electron chi connectivity index (χ3n) is 3.38. The number of aromatic nitrogens is 2. The molecule has 1 atom stereocenters. The summed E-state index contributed by atoms with van der Waals surface area (Å²) in [6.45, 7) is 2.78. The minimum atomic E-state index is -0.0443. The second-order valence-corrected chi connectivity index (χ2v) is 6.65. The molecule has 0 saturated carbocycles. The monoisotopic (exact) mass is 305 g/mol. The molecule has 3 heterocycles. The predicted octanol–water partition coefficient (Wildman–Crippen LogP) is 3.24. The highest BCUT2D eigenvalue weighted by molar-refractivity contribution is 7.17. The number of thiophene rings is 2. The Bertz CT molecular complexity index is 760. The molecule has 104 valence electrons. The third-order valence-corrected chi connectivity index (χ3v) is 5.32. The Morgan fingerprint density at radius 2 is 2.20 bits per heavy atom. The Labute approximate surface area is 124 Å². The molecule has 0 fully saturated rings. The van der Waals surface area contributed by atoms with Crippen molar-refractivity contribution in [3.63, 3.8) is 0 Å². The maximum Gasteiger partial charge on any atom is 0.268 e. The quantitative estimate of drug-likeness (QED) is 0.805. The lowest BCUT2D eigenvalue weighted by molar-refractivity contribution is 0.250. The molecule has 4 nitrogen and oxygen atoms in total. The molecule has 1 unspecified atom stereocenters. The molecular weight excluding hydrogens is 290 g/mol. The maximum atomic E-state index is 11.9. The molecule has 0 aliphatic carbocycles. The van der Waals surface area contributed by atoms with E-state index in [-0.39, 0.29) is 5.56 Å². The molecule has 3 aromatic rings. The summed E-state index contributed by atoms with van der Waals surface area (Å²) in [5.74, 6) is 0.715. The zero-order valence-electron chi connectivity index (χ0n) is 11.3. The van der Waals surface area contributed by atoms with Gasteiger partial charge in [-0.25, -0.2) is 4.98 Å². The summed E-state index contributed by atoms with van der Waals surface area (Å²) in [4.78, 5) is 22.8. The van der Waals surface area contributed by atoms with E-state index in [2.05, 4.69) is 39.3 Å². The Morgan fingerprint density at radius 3 is 2.95 bits per heavy atom. The summed E-state index contributed by atoms with van der Waals surface area (Å²) < 4.78 is 0.697. The normalized spacial score (nSPS) is 13.2. The van der Waals surface area contributed by atoms with Crippen molar-refractivity contribution in [1.29, 1.82) is 0 Å². The van der Waals surface area contributed by atoms with Crippen molar-refractivity contribution in [2.75, 3.05) is 7.05 Å². The van der Waals surface area contributed by atoms with Gasteiger partial charge in [0.2, 0.25) is 0 Å². The Kier molecular flexibility index (Phi) is 3.69. The van der Waals surface area contributed by atoms with Crippen LogP contribution in [-0.2, 0) is 6.54 Å². The molecule has 0 aromatic carbocycles. The molecule has 0 spiro atoms. The van der Waals surface area contributed by atoms with Crippen LogP contribution in [0.2, 0.25) is 0 Å². The van der Waals surface area contributed by atoms with Gasteiger partial charge in [0.1, 0.15) is 10.5 Å². The van der Waals surface area contributed by atoms with Gasteiger partial charge in [-0.05, 0) is 36.9 Å². The standard InChI is InChI=1S/C14H15N3OS2/c1-9(11-4-3-6-19-11)17(2)8-12-15-10-5-7-20-13(10)14(18)16-12/h3-7,9H,8H2,1-2H3,(H,15,16,18). The van der Waals surface area contributed by atoms with Crippen molar-refractivity contribution in [2.24, 2.45) is 0 Å². The van der Waals surface area contributed by atoms with Gasteiger partial charge in [0.25, 0.3) is 5.56 Å². The van der Waals surface area contributed by atoms with Crippen molar-refractivity contribution in [2.45, 2.75) is 19.5 Å². The molecule has 3 aromatic heterocycles.